The van der Waals surface area contributed by atoms with Crippen LogP contribution in [0.2, 0.25) is 0 Å². The number of nitriles is 2. The summed E-state index contributed by atoms with van der Waals surface area (Å²) in [5.41, 5.74) is 1.87. The number of hydrogen-bond acceptors (Lipinski definition) is 5. The van der Waals surface area contributed by atoms with Gasteiger partial charge in [-0.25, -0.2) is 4.39 Å². The molecule has 0 fully saturated rings. The van der Waals surface area contributed by atoms with Gasteiger partial charge in [-0.1, -0.05) is 42.1 Å². The fourth-order valence-electron chi connectivity index (χ4n) is 2.72. The number of halogens is 1. The van der Waals surface area contributed by atoms with Crippen molar-refractivity contribution < 1.29 is 4.39 Å². The van der Waals surface area contributed by atoms with Gasteiger partial charge in [-0.15, -0.1) is 10.2 Å². The molecular weight excluding hydrogens is 373 g/mol. The van der Waals surface area contributed by atoms with E-state index in [1.807, 2.05) is 34.9 Å². The summed E-state index contributed by atoms with van der Waals surface area (Å²) in [7, 11) is 0. The van der Waals surface area contributed by atoms with Gasteiger partial charge in [0.15, 0.2) is 11.0 Å². The third kappa shape index (κ3) is 4.97. The van der Waals surface area contributed by atoms with E-state index in [0.717, 1.165) is 11.1 Å². The molecule has 0 radical (unpaired) electrons. The largest absolute Gasteiger partial charge is 0.298 e. The summed E-state index contributed by atoms with van der Waals surface area (Å²) < 4.78 is 15.3. The van der Waals surface area contributed by atoms with Crippen molar-refractivity contribution >= 4 is 11.8 Å². The number of aromatic nitrogens is 3. The summed E-state index contributed by atoms with van der Waals surface area (Å²) >= 11 is 1.45. The maximum Gasteiger partial charge on any atom is 0.191 e. The van der Waals surface area contributed by atoms with E-state index >= 15 is 0 Å². The third-order valence-electron chi connectivity index (χ3n) is 4.20. The van der Waals surface area contributed by atoms with Gasteiger partial charge in [0.05, 0.1) is 24.6 Å². The molecule has 1 atom stereocenters. The zero-order chi connectivity index (χ0) is 19.8. The molecule has 0 saturated heterocycles. The van der Waals surface area contributed by atoms with Gasteiger partial charge in [0, 0.05) is 17.7 Å². The molecule has 0 bridgehead atoms. The Kier molecular flexibility index (Phi) is 6.78. The lowest BCUT2D eigenvalue weighted by molar-refractivity contribution is 0.628. The molecular formula is C21H18FN5S. The SMILES string of the molecule is N#CCC[C@H](C#N)CSc1nnc(-c2ccc(F)cc2)n1Cc1ccccc1. The topological polar surface area (TPSA) is 78.3 Å². The van der Waals surface area contributed by atoms with Gasteiger partial charge in [-0.3, -0.25) is 4.57 Å². The predicted molar refractivity (Wildman–Crippen MR) is 106 cm³/mol. The Bertz CT molecular complexity index is 986. The number of hydrogen-bond donors (Lipinski definition) is 0. The van der Waals surface area contributed by atoms with Crippen LogP contribution >= 0.6 is 11.8 Å². The minimum atomic E-state index is -0.304. The Morgan fingerprint density at radius 1 is 1.04 bits per heavy atom. The average molecular weight is 391 g/mol. The summed E-state index contributed by atoms with van der Waals surface area (Å²) in [5.74, 6) is 0.661. The molecule has 0 aliphatic heterocycles. The standard InChI is InChI=1S/C21H18FN5S/c22-19-10-8-18(9-11-19)20-25-26-21(28-15-17(13-24)7-4-12-23)27(20)14-16-5-2-1-3-6-16/h1-3,5-6,8-11,17H,4,7,14-15H2/t17-/m1/s1. The van der Waals surface area contributed by atoms with Crippen molar-refractivity contribution in [3.05, 3.63) is 66.0 Å². The highest BCUT2D eigenvalue weighted by molar-refractivity contribution is 7.99. The van der Waals surface area contributed by atoms with Crippen LogP contribution in [0, 0.1) is 34.4 Å². The van der Waals surface area contributed by atoms with E-state index < -0.39 is 0 Å². The minimum absolute atomic E-state index is 0.221. The smallest absolute Gasteiger partial charge is 0.191 e. The first-order chi connectivity index (χ1) is 13.7. The van der Waals surface area contributed by atoms with Crippen molar-refractivity contribution in [2.75, 3.05) is 5.75 Å². The van der Waals surface area contributed by atoms with Crippen molar-refractivity contribution in [2.24, 2.45) is 5.92 Å². The first-order valence-electron chi connectivity index (χ1n) is 8.83. The minimum Gasteiger partial charge on any atom is -0.298 e. The molecule has 0 saturated carbocycles. The Balaban J connectivity index is 1.88. The zero-order valence-corrected chi connectivity index (χ0v) is 15.9. The molecule has 0 unspecified atom stereocenters. The fraction of sp³-hybridized carbons (Fsp3) is 0.238. The molecule has 5 nitrogen and oxygen atoms in total. The van der Waals surface area contributed by atoms with Crippen LogP contribution in [0.15, 0.2) is 59.8 Å². The van der Waals surface area contributed by atoms with Crippen molar-refractivity contribution in [3.8, 4) is 23.5 Å². The highest BCUT2D eigenvalue weighted by Gasteiger charge is 2.17. The second kappa shape index (κ2) is 9.68. The molecule has 7 heteroatoms. The van der Waals surface area contributed by atoms with E-state index in [9.17, 15) is 9.65 Å². The van der Waals surface area contributed by atoms with Crippen LogP contribution in [0.5, 0.6) is 0 Å². The van der Waals surface area contributed by atoms with Crippen LogP contribution in [0.1, 0.15) is 18.4 Å². The van der Waals surface area contributed by atoms with Crippen molar-refractivity contribution in [1.29, 1.82) is 10.5 Å². The Morgan fingerprint density at radius 2 is 1.79 bits per heavy atom. The molecule has 0 N–H and O–H groups in total. The second-order valence-electron chi connectivity index (χ2n) is 6.22. The van der Waals surface area contributed by atoms with Crippen molar-refractivity contribution in [1.82, 2.24) is 14.8 Å². The summed E-state index contributed by atoms with van der Waals surface area (Å²) in [6.07, 6.45) is 0.897. The lowest BCUT2D eigenvalue weighted by Gasteiger charge is -2.11. The quantitative estimate of drug-likeness (QED) is 0.522. The van der Waals surface area contributed by atoms with E-state index in [0.29, 0.717) is 36.1 Å². The summed E-state index contributed by atoms with van der Waals surface area (Å²) in [5, 5.41) is 27.3. The highest BCUT2D eigenvalue weighted by Crippen LogP contribution is 2.27. The highest BCUT2D eigenvalue weighted by atomic mass is 32.2. The first-order valence-corrected chi connectivity index (χ1v) is 9.82. The van der Waals surface area contributed by atoms with Crippen LogP contribution in [-0.4, -0.2) is 20.5 Å². The van der Waals surface area contributed by atoms with Gasteiger partial charge >= 0.3 is 0 Å². The predicted octanol–water partition coefficient (Wildman–Crippen LogP) is 4.67. The Hall–Kier alpha value is -3.16. The molecule has 0 aliphatic rings. The van der Waals surface area contributed by atoms with Gasteiger partial charge in [0.25, 0.3) is 0 Å². The van der Waals surface area contributed by atoms with Gasteiger partial charge in [-0.2, -0.15) is 10.5 Å². The van der Waals surface area contributed by atoms with Crippen LogP contribution in [0.3, 0.4) is 0 Å². The van der Waals surface area contributed by atoms with Gasteiger partial charge < -0.3 is 0 Å². The maximum atomic E-state index is 13.3. The molecule has 28 heavy (non-hydrogen) atoms. The molecule has 1 heterocycles. The van der Waals surface area contributed by atoms with Crippen LogP contribution in [-0.2, 0) is 6.54 Å². The van der Waals surface area contributed by atoms with Crippen LogP contribution < -0.4 is 0 Å². The van der Waals surface area contributed by atoms with E-state index in [1.54, 1.807) is 12.1 Å². The monoisotopic (exact) mass is 391 g/mol. The lowest BCUT2D eigenvalue weighted by Crippen LogP contribution is -2.06. The summed E-state index contributed by atoms with van der Waals surface area (Å²) in [6.45, 7) is 0.568. The number of benzene rings is 2. The summed E-state index contributed by atoms with van der Waals surface area (Å²) in [4.78, 5) is 0. The van der Waals surface area contributed by atoms with Gasteiger partial charge in [0.1, 0.15) is 5.82 Å². The average Bonchev–Trinajstić information content (AvgIpc) is 3.12. The second-order valence-corrected chi connectivity index (χ2v) is 7.21. The molecule has 0 aliphatic carbocycles. The Morgan fingerprint density at radius 3 is 2.46 bits per heavy atom. The molecule has 1 aromatic heterocycles. The molecule has 0 amide bonds. The molecule has 2 aromatic carbocycles. The summed E-state index contributed by atoms with van der Waals surface area (Å²) in [6, 6.07) is 20.4. The molecule has 3 aromatic rings. The van der Waals surface area contributed by atoms with Gasteiger partial charge in [0.2, 0.25) is 0 Å². The van der Waals surface area contributed by atoms with Gasteiger partial charge in [-0.05, 0) is 36.2 Å². The normalized spacial score (nSPS) is 11.5. The maximum absolute atomic E-state index is 13.3. The van der Waals surface area contributed by atoms with Crippen molar-refractivity contribution in [2.45, 2.75) is 24.5 Å². The zero-order valence-electron chi connectivity index (χ0n) is 15.1. The number of rotatable bonds is 8. The number of thioether (sulfide) groups is 1. The van der Waals surface area contributed by atoms with E-state index in [4.69, 9.17) is 5.26 Å². The van der Waals surface area contributed by atoms with E-state index in [1.165, 1.54) is 23.9 Å². The molecule has 3 rings (SSSR count). The lowest BCUT2D eigenvalue weighted by atomic mass is 10.1. The van der Waals surface area contributed by atoms with E-state index in [2.05, 4.69) is 22.3 Å². The Labute approximate surface area is 167 Å². The van der Waals surface area contributed by atoms with Crippen molar-refractivity contribution in [3.63, 3.8) is 0 Å². The number of nitrogens with zero attached hydrogens (tertiary/aromatic N) is 5. The molecule has 140 valence electrons. The van der Waals surface area contributed by atoms with Crippen LogP contribution in [0.25, 0.3) is 11.4 Å². The fourth-order valence-corrected chi connectivity index (χ4v) is 3.71. The first kappa shape index (κ1) is 19.6. The molecule has 0 spiro atoms. The van der Waals surface area contributed by atoms with Crippen LogP contribution in [0.4, 0.5) is 4.39 Å². The van der Waals surface area contributed by atoms with E-state index in [-0.39, 0.29) is 11.7 Å². The third-order valence-corrected chi connectivity index (χ3v) is 5.33.